The molecule has 0 amide bonds. The molecule has 5 heterocycles. The van der Waals surface area contributed by atoms with Gasteiger partial charge < -0.3 is 35.9 Å². The van der Waals surface area contributed by atoms with Crippen LogP contribution < -0.4 is 32.9 Å². The molecule has 0 fully saturated rings. The number of unbranched alkanes of at least 4 members (excludes halogenated alkanes) is 3. The smallest absolute Gasteiger partial charge is 0.369 e. The van der Waals surface area contributed by atoms with Gasteiger partial charge in [0, 0.05) is 92.9 Å². The number of phosphoric ester groups is 1. The number of nitrogens with zero attached hydrogens (tertiary/aromatic N) is 16. The third-order valence-electron chi connectivity index (χ3n) is 11.6. The molecule has 0 bridgehead atoms. The van der Waals surface area contributed by atoms with E-state index in [1.165, 1.54) is 72.1 Å². The fraction of sp³-hybridized carbons (Fsp3) is 0.229. The lowest BCUT2D eigenvalue weighted by Gasteiger charge is -2.18. The molecular formula is C83H117N21O14P4S2. The van der Waals surface area contributed by atoms with Crippen molar-refractivity contribution in [1.29, 1.82) is 16.3 Å². The Morgan fingerprint density at radius 2 is 1.05 bits per heavy atom. The first kappa shape index (κ1) is 121. The molecule has 0 radical (unpaired) electrons. The van der Waals surface area contributed by atoms with Crippen LogP contribution >= 0.6 is 35.1 Å². The molecule has 670 valence electrons. The Labute approximate surface area is 755 Å². The molecule has 0 saturated heterocycles. The van der Waals surface area contributed by atoms with Crippen LogP contribution in [0.3, 0.4) is 0 Å². The SMILES string of the molecule is C.C.C#CC.C#CC#CC#CC#CC.C#CC#CC#CC#CC#CC#CC#CC#CC#C.CCCCCCN.CCN(CC)CC.N#N.N=N/N=N/N=N/N=N/OOOOOOOOP.Nc1nc2c(ncn2COCCOP(=O)(O)O)c(=O)[nH]1.P.S=S(c1ccccn1)c1ccccn1.[HH].[HH].[HH].[HH].[HH].[HH].[HH].[HH].[HH].[HH].[HH].[HH].c1c[nH]cn1.c1ccc(P(c2ccccc2)c2ccccc2)cc1. The quantitative estimate of drug-likeness (QED) is 0.00435. The first-order valence-electron chi connectivity index (χ1n) is 34.1. The van der Waals surface area contributed by atoms with E-state index in [1.54, 1.807) is 54.4 Å². The van der Waals surface area contributed by atoms with Crippen LogP contribution in [0.2, 0.25) is 0 Å². The van der Waals surface area contributed by atoms with E-state index in [9.17, 15) is 9.36 Å². The number of fused-ring (bicyclic) bond motifs is 1. The third-order valence-corrected chi connectivity index (χ3v) is 16.9. The van der Waals surface area contributed by atoms with Crippen LogP contribution in [0.5, 0.6) is 0 Å². The van der Waals surface area contributed by atoms with Crippen LogP contribution in [-0.2, 0) is 81.1 Å². The van der Waals surface area contributed by atoms with Crippen molar-refractivity contribution >= 4 is 88.8 Å². The molecule has 5 aromatic heterocycles. The molecule has 41 heteroatoms. The number of nitrogens with two attached hydrogens (primary N) is 2. The number of aromatic amines is 2. The van der Waals surface area contributed by atoms with Gasteiger partial charge in [-0.1, -0.05) is 171 Å². The number of ether oxygens (including phenoxy) is 1. The Hall–Kier alpha value is -13.7. The number of H-pyrrole nitrogens is 2. The van der Waals surface area contributed by atoms with E-state index in [-0.39, 0.29) is 78.9 Å². The highest BCUT2D eigenvalue weighted by atomic mass is 32.8. The van der Waals surface area contributed by atoms with Crippen LogP contribution in [0.25, 0.3) is 11.2 Å². The molecule has 0 saturated carbocycles. The summed E-state index contributed by atoms with van der Waals surface area (Å²) in [5.74, 6) is 57.4. The van der Waals surface area contributed by atoms with Crippen molar-refractivity contribution < 1.29 is 80.6 Å². The normalized spacial score (nSPS) is 8.67. The van der Waals surface area contributed by atoms with E-state index >= 15 is 0 Å². The monoisotopic (exact) mass is 1820 g/mol. The van der Waals surface area contributed by atoms with E-state index in [0.717, 1.165) is 16.6 Å². The average molecular weight is 1820 g/mol. The fourth-order valence-corrected chi connectivity index (χ4v) is 11.1. The van der Waals surface area contributed by atoms with E-state index in [2.05, 4.69) is 388 Å². The van der Waals surface area contributed by atoms with Gasteiger partial charge in [-0.2, -0.15) is 30.1 Å². The highest BCUT2D eigenvalue weighted by Crippen LogP contribution is 2.35. The number of anilines is 1. The summed E-state index contributed by atoms with van der Waals surface area (Å²) >= 11 is 5.37. The summed E-state index contributed by atoms with van der Waals surface area (Å²) in [4.78, 5) is 59.5. The van der Waals surface area contributed by atoms with Crippen molar-refractivity contribution in [1.82, 2.24) is 44.4 Å². The van der Waals surface area contributed by atoms with Gasteiger partial charge in [0.15, 0.2) is 11.2 Å². The molecule has 3 aromatic carbocycles. The molecule has 8 aromatic rings. The summed E-state index contributed by atoms with van der Waals surface area (Å²) in [6.07, 6.45) is 34.3. The average Bonchev–Trinajstić information content (AvgIpc) is 1.60. The van der Waals surface area contributed by atoms with Crippen molar-refractivity contribution in [2.45, 2.75) is 98.9 Å². The standard InChI is InChI=1S/C18H15P.C18H2.C10H8N2S2.C9H4.C8H12N5O6P.2C6H15N.C3H4N2.C3H4.2CH4.H3N8O8P.N2.H3P.12H2/c1-4-10-16(11-5-1)19(17-12-6-2-7-13-17)18-14-8-3-9-15-18;1-3-5-7-9-11-13-15-17-18-16-14-12-10-8-6-4-2;13-14(9-5-1-3-7-11-9)10-6-2-4-8-12-10;1-3-5-7-9-8-6-4-2;9-8-11-6-5(7(14)12-8)10-3-13(6)4-18-1-2-19-20(15,16)17;1-4-7(5-2)6-3;1-2-3-4-5-6-7;1-2-5-3-4-1;1-3-2;;;1-2-3-4-5-6-7-8-9-10-11-12-13-14-15-16-17;1-2;;;;;;;;;;;;;/h1-15H;1-2H;1-8H;1H,2H3;3H,1-2,4H2,(H2,15,16,17)(H3,9,11,12,14);4-6H2,1-3H3;2-7H2,1H3;1-3H,(H,4,5);1H,2H3;2*1H4;1H,17H2;;1H3;12*1H/b;;;;;;;;;;;2-1?,4-3+,6-5+,8-7+;;;;;;;;;;;;;;. The minimum absolute atomic E-state index is 0. The zero-order chi connectivity index (χ0) is 89.8. The number of hydrogen-bond acceptors (Lipinski definition) is 25. The lowest BCUT2D eigenvalue weighted by atomic mass is 10.2. The van der Waals surface area contributed by atoms with Crippen molar-refractivity contribution in [3.05, 3.63) is 175 Å². The lowest BCUT2D eigenvalue weighted by Crippen LogP contribution is -2.21. The predicted octanol–water partition coefficient (Wildman–Crippen LogP) is 14.7. The zero-order valence-electron chi connectivity index (χ0n) is 66.8. The molecule has 2 atom stereocenters. The molecule has 124 heavy (non-hydrogen) atoms. The summed E-state index contributed by atoms with van der Waals surface area (Å²) in [6, 6.07) is 43.8. The third kappa shape index (κ3) is 73.5. The summed E-state index contributed by atoms with van der Waals surface area (Å²) < 4.78 is 25.0. The van der Waals surface area contributed by atoms with Gasteiger partial charge in [0.25, 0.3) is 5.56 Å². The summed E-state index contributed by atoms with van der Waals surface area (Å²) in [5.41, 5.74) is 16.8. The molecule has 2 unspecified atom stereocenters. The number of terminal acetylenes is 4. The van der Waals surface area contributed by atoms with Gasteiger partial charge in [-0.3, -0.25) is 18.9 Å². The topological polar surface area (TPSA) is 481 Å². The highest BCUT2D eigenvalue weighted by Gasteiger charge is 2.16. The van der Waals surface area contributed by atoms with E-state index in [4.69, 9.17) is 72.8 Å². The van der Waals surface area contributed by atoms with Crippen LogP contribution in [0.1, 0.15) is 99.2 Å². The first-order valence-corrected chi connectivity index (χ1v) is 39.6. The van der Waals surface area contributed by atoms with Gasteiger partial charge in [0.1, 0.15) is 16.8 Å². The Kier molecular flexibility index (Phi) is 91.1. The molecule has 9 N–H and O–H groups in total. The highest BCUT2D eigenvalue weighted by molar-refractivity contribution is 8.28. The Morgan fingerprint density at radius 1 is 0.621 bits per heavy atom. The maximum atomic E-state index is 11.5. The molecule has 0 aliphatic heterocycles. The van der Waals surface area contributed by atoms with Crippen LogP contribution in [0.4, 0.5) is 5.95 Å². The van der Waals surface area contributed by atoms with Crippen LogP contribution in [0, 0.1) is 184 Å². The first-order chi connectivity index (χ1) is 59.1. The van der Waals surface area contributed by atoms with Gasteiger partial charge in [0.2, 0.25) is 5.95 Å². The minimum atomic E-state index is -4.49. The number of pyridine rings is 2. The molecule has 35 nitrogen and oxygen atoms in total. The fourth-order valence-electron chi connectivity index (χ4n) is 6.93. The summed E-state index contributed by atoms with van der Waals surface area (Å²) in [6.45, 7) is 16.2. The van der Waals surface area contributed by atoms with Gasteiger partial charge in [-0.25, -0.2) is 24.5 Å². The molecular weight excluding hydrogens is 1700 g/mol. The number of rotatable bonds is 29. The summed E-state index contributed by atoms with van der Waals surface area (Å²) in [7, 11) is -3.71. The minimum Gasteiger partial charge on any atom is -0.369 e. The molecule has 0 aliphatic carbocycles. The lowest BCUT2D eigenvalue weighted by molar-refractivity contribution is -0.808. The number of benzene rings is 3. The second-order valence-corrected chi connectivity index (χ2v) is 25.5. The van der Waals surface area contributed by atoms with E-state index in [1.807, 2.05) is 36.4 Å². The molecule has 0 aliphatic rings. The van der Waals surface area contributed by atoms with Crippen LogP contribution in [0.15, 0.2) is 216 Å². The van der Waals surface area contributed by atoms with Crippen molar-refractivity contribution in [3.8, 4) is 168 Å². The van der Waals surface area contributed by atoms with Crippen molar-refractivity contribution in [2.24, 2.45) is 42.4 Å². The Morgan fingerprint density at radius 3 is 1.41 bits per heavy atom. The zero-order valence-corrected chi connectivity index (χ0v) is 72.8. The van der Waals surface area contributed by atoms with E-state index < -0.39 is 30.8 Å². The second kappa shape index (κ2) is 93.2. The Balaban J connectivity index is -0.0000000722. The van der Waals surface area contributed by atoms with Crippen LogP contribution in [-0.4, -0.2) is 93.5 Å². The number of aromatic nitrogens is 8. The Bertz CT molecular complexity index is 5110. The largest absolute Gasteiger partial charge is 0.469 e. The number of nitrogen functional groups attached to an aromatic ring is 1. The van der Waals surface area contributed by atoms with Gasteiger partial charge in [-0.15, -0.1) is 31.6 Å². The predicted molar refractivity (Wildman–Crippen MR) is 513 cm³/mol. The number of nitrogens with one attached hydrogen (secondary N) is 3. The van der Waals surface area contributed by atoms with Gasteiger partial charge in [0.05, 0.1) is 31.1 Å². The molecule has 8 rings (SSSR count). The maximum Gasteiger partial charge on any atom is 0.469 e. The number of hydrogen-bond donors (Lipinski definition) is 7. The van der Waals surface area contributed by atoms with Gasteiger partial charge >= 0.3 is 7.82 Å². The summed E-state index contributed by atoms with van der Waals surface area (Å²) in [5, 5.41) is 58.9. The van der Waals surface area contributed by atoms with Gasteiger partial charge in [-0.05, 0) is 276 Å². The van der Waals surface area contributed by atoms with Crippen molar-refractivity contribution in [2.75, 3.05) is 45.1 Å². The number of imidazole rings is 2. The van der Waals surface area contributed by atoms with Crippen molar-refractivity contribution in [3.63, 3.8) is 0 Å². The maximum absolute atomic E-state index is 11.5. The number of phosphoric acid groups is 1. The molecule has 0 spiro atoms. The second-order valence-electron chi connectivity index (χ2n) is 19.4. The van der Waals surface area contributed by atoms with E-state index in [0.29, 0.717) is 0 Å².